The Kier molecular flexibility index (Phi) is 4.51. The molecule has 2 aromatic rings. The molecule has 2 rings (SSSR count). The number of halogens is 3. The van der Waals surface area contributed by atoms with Crippen molar-refractivity contribution in [2.45, 2.75) is 12.7 Å². The van der Waals surface area contributed by atoms with Gasteiger partial charge < -0.3 is 14.2 Å². The van der Waals surface area contributed by atoms with E-state index in [9.17, 15) is 18.0 Å². The van der Waals surface area contributed by atoms with Crippen molar-refractivity contribution in [3.8, 4) is 5.88 Å². The number of methoxy groups -OCH3 is 1. The molecule has 0 aliphatic heterocycles. The monoisotopic (exact) mass is 320 g/mol. The van der Waals surface area contributed by atoms with E-state index in [4.69, 9.17) is 9.26 Å². The van der Waals surface area contributed by atoms with Gasteiger partial charge in [0, 0.05) is 4.88 Å². The molecule has 1 amide bonds. The van der Waals surface area contributed by atoms with Gasteiger partial charge in [0.25, 0.3) is 11.8 Å². The molecule has 0 aromatic carbocycles. The second-order valence-corrected chi connectivity index (χ2v) is 5.12. The highest BCUT2D eigenvalue weighted by Crippen LogP contribution is 2.22. The lowest BCUT2D eigenvalue weighted by molar-refractivity contribution is -0.141. The minimum Gasteiger partial charge on any atom is -0.479 e. The predicted octanol–water partition coefficient (Wildman–Crippen LogP) is 2.95. The fourth-order valence-electron chi connectivity index (χ4n) is 1.62. The summed E-state index contributed by atoms with van der Waals surface area (Å²) < 4.78 is 47.3. The summed E-state index contributed by atoms with van der Waals surface area (Å²) in [5, 5.41) is 5.13. The van der Waals surface area contributed by atoms with Crippen molar-refractivity contribution < 1.29 is 27.2 Å². The zero-order valence-electron chi connectivity index (χ0n) is 10.9. The summed E-state index contributed by atoms with van der Waals surface area (Å²) in [6.07, 6.45) is -4.50. The summed E-state index contributed by atoms with van der Waals surface area (Å²) in [4.78, 5) is 13.4. The minimum atomic E-state index is -4.50. The molecule has 0 aliphatic rings. The molecule has 0 bridgehead atoms. The molecule has 0 atom stereocenters. The maximum atomic E-state index is 12.6. The molecule has 9 heteroatoms. The van der Waals surface area contributed by atoms with Crippen molar-refractivity contribution in [3.63, 3.8) is 0 Å². The Morgan fingerprint density at radius 3 is 2.81 bits per heavy atom. The maximum Gasteiger partial charge on any atom is 0.406 e. The number of thiophene rings is 1. The van der Waals surface area contributed by atoms with E-state index in [2.05, 4.69) is 5.16 Å². The van der Waals surface area contributed by atoms with Gasteiger partial charge in [-0.25, -0.2) is 0 Å². The molecule has 0 radical (unpaired) electrons. The van der Waals surface area contributed by atoms with Gasteiger partial charge in [-0.2, -0.15) is 13.2 Å². The van der Waals surface area contributed by atoms with Gasteiger partial charge in [-0.15, -0.1) is 11.3 Å². The van der Waals surface area contributed by atoms with Crippen LogP contribution in [-0.2, 0) is 6.54 Å². The number of carbonyl (C=O) groups is 1. The van der Waals surface area contributed by atoms with Gasteiger partial charge >= 0.3 is 6.18 Å². The molecule has 0 unspecified atom stereocenters. The second-order valence-electron chi connectivity index (χ2n) is 4.09. The van der Waals surface area contributed by atoms with Crippen LogP contribution in [0.2, 0.25) is 0 Å². The first kappa shape index (κ1) is 15.4. The number of nitrogens with zero attached hydrogens (tertiary/aromatic N) is 2. The first-order valence-corrected chi connectivity index (χ1v) is 6.66. The molecule has 0 spiro atoms. The summed E-state index contributed by atoms with van der Waals surface area (Å²) in [6.45, 7) is -1.52. The van der Waals surface area contributed by atoms with Crippen LogP contribution in [0.4, 0.5) is 13.2 Å². The topological polar surface area (TPSA) is 55.6 Å². The Bertz CT molecular complexity index is 595. The van der Waals surface area contributed by atoms with Crippen molar-refractivity contribution in [1.82, 2.24) is 10.1 Å². The zero-order valence-corrected chi connectivity index (χ0v) is 11.7. The van der Waals surface area contributed by atoms with Gasteiger partial charge in [0.15, 0.2) is 0 Å². The van der Waals surface area contributed by atoms with E-state index in [0.29, 0.717) is 9.78 Å². The second kappa shape index (κ2) is 6.17. The largest absolute Gasteiger partial charge is 0.479 e. The Morgan fingerprint density at radius 2 is 2.29 bits per heavy atom. The number of amides is 1. The van der Waals surface area contributed by atoms with Crippen LogP contribution in [-0.4, -0.2) is 35.8 Å². The fourth-order valence-corrected chi connectivity index (χ4v) is 2.34. The van der Waals surface area contributed by atoms with E-state index in [1.54, 1.807) is 17.5 Å². The molecule has 2 aromatic heterocycles. The van der Waals surface area contributed by atoms with E-state index < -0.39 is 18.6 Å². The lowest BCUT2D eigenvalue weighted by Crippen LogP contribution is -2.38. The highest BCUT2D eigenvalue weighted by atomic mass is 32.1. The van der Waals surface area contributed by atoms with Gasteiger partial charge in [-0.05, 0) is 16.6 Å². The molecular formula is C12H11F3N2O3S. The number of aromatic nitrogens is 1. The number of alkyl halides is 3. The Morgan fingerprint density at radius 1 is 1.52 bits per heavy atom. The summed E-state index contributed by atoms with van der Waals surface area (Å²) in [6, 6.07) is 4.51. The van der Waals surface area contributed by atoms with E-state index in [1.807, 2.05) is 0 Å². The van der Waals surface area contributed by atoms with E-state index >= 15 is 0 Å². The van der Waals surface area contributed by atoms with Crippen LogP contribution in [0.1, 0.15) is 15.4 Å². The first-order chi connectivity index (χ1) is 9.89. The van der Waals surface area contributed by atoms with Gasteiger partial charge in [0.2, 0.25) is 5.76 Å². The third-order valence-electron chi connectivity index (χ3n) is 2.49. The lowest BCUT2D eigenvalue weighted by Gasteiger charge is -2.22. The predicted molar refractivity (Wildman–Crippen MR) is 68.2 cm³/mol. The van der Waals surface area contributed by atoms with Crippen molar-refractivity contribution in [2.24, 2.45) is 0 Å². The number of carbonyl (C=O) groups excluding carboxylic acids is 1. The number of rotatable bonds is 5. The maximum absolute atomic E-state index is 12.6. The molecule has 0 saturated heterocycles. The average molecular weight is 320 g/mol. The molecule has 114 valence electrons. The molecule has 0 N–H and O–H groups in total. The molecular weight excluding hydrogens is 309 g/mol. The normalized spacial score (nSPS) is 11.4. The summed E-state index contributed by atoms with van der Waals surface area (Å²) in [5.41, 5.74) is 0. The Labute approximate surface area is 121 Å². The quantitative estimate of drug-likeness (QED) is 0.850. The van der Waals surface area contributed by atoms with Crippen molar-refractivity contribution in [1.29, 1.82) is 0 Å². The van der Waals surface area contributed by atoms with Gasteiger partial charge in [0.1, 0.15) is 6.54 Å². The van der Waals surface area contributed by atoms with E-state index in [0.717, 1.165) is 6.07 Å². The van der Waals surface area contributed by atoms with Crippen LogP contribution in [0.3, 0.4) is 0 Å². The number of hydrogen-bond donors (Lipinski definition) is 0. The van der Waals surface area contributed by atoms with E-state index in [-0.39, 0.29) is 18.2 Å². The van der Waals surface area contributed by atoms with Gasteiger partial charge in [-0.3, -0.25) is 4.79 Å². The molecule has 0 fully saturated rings. The van der Waals surface area contributed by atoms with Gasteiger partial charge in [0.05, 0.1) is 19.7 Å². The third-order valence-corrected chi connectivity index (χ3v) is 3.35. The number of hydrogen-bond acceptors (Lipinski definition) is 5. The van der Waals surface area contributed by atoms with Crippen LogP contribution < -0.4 is 4.74 Å². The first-order valence-electron chi connectivity index (χ1n) is 5.78. The molecule has 21 heavy (non-hydrogen) atoms. The summed E-state index contributed by atoms with van der Waals surface area (Å²) >= 11 is 1.27. The molecule has 5 nitrogen and oxygen atoms in total. The minimum absolute atomic E-state index is 0.0291. The molecule has 0 aliphatic carbocycles. The van der Waals surface area contributed by atoms with Crippen LogP contribution in [0.5, 0.6) is 5.88 Å². The van der Waals surface area contributed by atoms with Crippen molar-refractivity contribution in [2.75, 3.05) is 13.7 Å². The van der Waals surface area contributed by atoms with E-state index in [1.165, 1.54) is 18.4 Å². The third kappa shape index (κ3) is 4.22. The number of ether oxygens (including phenoxy) is 1. The standard InChI is InChI=1S/C12H11F3N2O3S/c1-19-10-5-9(20-16-10)11(18)17(7-12(13,14)15)6-8-3-2-4-21-8/h2-5H,6-7H2,1H3. The smallest absolute Gasteiger partial charge is 0.406 e. The highest BCUT2D eigenvalue weighted by Gasteiger charge is 2.34. The van der Waals surface area contributed by atoms with Crippen LogP contribution in [0, 0.1) is 0 Å². The van der Waals surface area contributed by atoms with Crippen molar-refractivity contribution >= 4 is 17.2 Å². The summed E-state index contributed by atoms with van der Waals surface area (Å²) in [5.74, 6) is -1.16. The zero-order chi connectivity index (χ0) is 15.5. The fraction of sp³-hybridized carbons (Fsp3) is 0.333. The average Bonchev–Trinajstić information content (AvgIpc) is 3.06. The van der Waals surface area contributed by atoms with Crippen LogP contribution in [0.15, 0.2) is 28.1 Å². The lowest BCUT2D eigenvalue weighted by atomic mass is 10.3. The Hall–Kier alpha value is -2.03. The molecule has 0 saturated carbocycles. The summed E-state index contributed by atoms with van der Waals surface area (Å²) in [7, 11) is 1.31. The SMILES string of the molecule is COc1cc(C(=O)N(Cc2cccs2)CC(F)(F)F)on1. The van der Waals surface area contributed by atoms with Crippen LogP contribution >= 0.6 is 11.3 Å². The highest BCUT2D eigenvalue weighted by molar-refractivity contribution is 7.09. The van der Waals surface area contributed by atoms with Crippen molar-refractivity contribution in [3.05, 3.63) is 34.2 Å². The Balaban J connectivity index is 2.19. The van der Waals surface area contributed by atoms with Gasteiger partial charge in [-0.1, -0.05) is 6.07 Å². The van der Waals surface area contributed by atoms with Crippen LogP contribution in [0.25, 0.3) is 0 Å². The molecule has 2 heterocycles.